The van der Waals surface area contributed by atoms with E-state index in [0.717, 1.165) is 25.7 Å². The summed E-state index contributed by atoms with van der Waals surface area (Å²) in [5, 5.41) is 0. The zero-order valence-electron chi connectivity index (χ0n) is 15.9. The second-order valence-electron chi connectivity index (χ2n) is 7.02. The Balaban J connectivity index is 2.26. The molecule has 0 unspecified atom stereocenters. The van der Waals surface area contributed by atoms with Crippen molar-refractivity contribution in [3.8, 4) is 23.7 Å². The van der Waals surface area contributed by atoms with Crippen molar-refractivity contribution in [3.05, 3.63) is 11.1 Å². The first-order valence-electron chi connectivity index (χ1n) is 9.56. The van der Waals surface area contributed by atoms with E-state index in [1.54, 1.807) is 0 Å². The van der Waals surface area contributed by atoms with E-state index in [0.29, 0.717) is 23.0 Å². The minimum atomic E-state index is -0.360. The maximum absolute atomic E-state index is 11.2. The molecule has 2 fully saturated rings. The van der Waals surface area contributed by atoms with Crippen LogP contribution in [0.4, 0.5) is 0 Å². The summed E-state index contributed by atoms with van der Waals surface area (Å²) in [6.07, 6.45) is 9.30. The molecule has 4 nitrogen and oxygen atoms in total. The van der Waals surface area contributed by atoms with Crippen molar-refractivity contribution in [2.45, 2.75) is 65.2 Å². The first-order chi connectivity index (χ1) is 12.5. The number of ether oxygens (including phenoxy) is 2. The minimum absolute atomic E-state index is 0.0744. The van der Waals surface area contributed by atoms with Gasteiger partial charge in [0.15, 0.2) is 0 Å². The largest absolute Gasteiger partial charge is 0.460 e. The predicted octanol–water partition coefficient (Wildman–Crippen LogP) is 3.80. The highest BCUT2D eigenvalue weighted by Gasteiger charge is 2.14. The number of esters is 2. The van der Waals surface area contributed by atoms with Crippen LogP contribution in [0.2, 0.25) is 0 Å². The molecule has 4 heteroatoms. The SMILES string of the molecule is CC(=O)OCC(C#CC1CCCC1)=C(C#CC1CCCC1)COC(C)=O. The monoisotopic (exact) mass is 356 g/mol. The zero-order valence-corrected chi connectivity index (χ0v) is 15.9. The molecule has 0 N–H and O–H groups in total. The molecule has 26 heavy (non-hydrogen) atoms. The lowest BCUT2D eigenvalue weighted by Crippen LogP contribution is -2.10. The number of carbonyl (C=O) groups excluding carboxylic acids is 2. The molecule has 140 valence electrons. The summed E-state index contributed by atoms with van der Waals surface area (Å²) in [6, 6.07) is 0. The Morgan fingerprint density at radius 2 is 1.08 bits per heavy atom. The van der Waals surface area contributed by atoms with Gasteiger partial charge in [-0.25, -0.2) is 0 Å². The van der Waals surface area contributed by atoms with Crippen LogP contribution in [0.3, 0.4) is 0 Å². The summed E-state index contributed by atoms with van der Waals surface area (Å²) in [5.41, 5.74) is 1.30. The third-order valence-corrected chi connectivity index (χ3v) is 4.77. The number of carbonyl (C=O) groups is 2. The van der Waals surface area contributed by atoms with Gasteiger partial charge in [-0.2, -0.15) is 0 Å². The molecule has 2 saturated carbocycles. The van der Waals surface area contributed by atoms with Crippen LogP contribution in [0, 0.1) is 35.5 Å². The van der Waals surface area contributed by atoms with Gasteiger partial charge in [0, 0.05) is 25.7 Å². The second-order valence-corrected chi connectivity index (χ2v) is 7.02. The lowest BCUT2D eigenvalue weighted by Gasteiger charge is -2.08. The van der Waals surface area contributed by atoms with E-state index >= 15 is 0 Å². The molecule has 0 amide bonds. The molecule has 0 aromatic rings. The molecule has 0 heterocycles. The van der Waals surface area contributed by atoms with Crippen LogP contribution in [0.25, 0.3) is 0 Å². The zero-order chi connectivity index (χ0) is 18.8. The van der Waals surface area contributed by atoms with E-state index in [2.05, 4.69) is 23.7 Å². The van der Waals surface area contributed by atoms with Gasteiger partial charge in [0.25, 0.3) is 0 Å². The minimum Gasteiger partial charge on any atom is -0.460 e. The van der Waals surface area contributed by atoms with Crippen LogP contribution in [0.15, 0.2) is 11.1 Å². The average molecular weight is 356 g/mol. The fraction of sp³-hybridized carbons (Fsp3) is 0.636. The van der Waals surface area contributed by atoms with Crippen molar-refractivity contribution in [2.24, 2.45) is 11.8 Å². The molecule has 2 aliphatic rings. The molecule has 0 aromatic carbocycles. The van der Waals surface area contributed by atoms with E-state index in [1.165, 1.54) is 39.5 Å². The molecule has 0 spiro atoms. The van der Waals surface area contributed by atoms with Gasteiger partial charge in [-0.1, -0.05) is 49.4 Å². The van der Waals surface area contributed by atoms with Crippen molar-refractivity contribution < 1.29 is 19.1 Å². The van der Waals surface area contributed by atoms with Gasteiger partial charge in [0.1, 0.15) is 13.2 Å². The molecular weight excluding hydrogens is 328 g/mol. The Bertz CT molecular complexity index is 596. The predicted molar refractivity (Wildman–Crippen MR) is 99.8 cm³/mol. The number of hydrogen-bond acceptors (Lipinski definition) is 4. The summed E-state index contributed by atoms with van der Waals surface area (Å²) in [6.45, 7) is 2.89. The Morgan fingerprint density at radius 3 is 1.38 bits per heavy atom. The summed E-state index contributed by atoms with van der Waals surface area (Å²) in [5.74, 6) is 13.0. The normalized spacial score (nSPS) is 18.2. The van der Waals surface area contributed by atoms with Crippen LogP contribution in [0.1, 0.15) is 65.2 Å². The third-order valence-electron chi connectivity index (χ3n) is 4.77. The highest BCUT2D eigenvalue weighted by molar-refractivity contribution is 5.67. The van der Waals surface area contributed by atoms with Crippen LogP contribution >= 0.6 is 0 Å². The molecule has 0 aliphatic heterocycles. The van der Waals surface area contributed by atoms with Gasteiger partial charge in [0.05, 0.1) is 11.1 Å². The molecule has 2 aliphatic carbocycles. The topological polar surface area (TPSA) is 52.6 Å². The van der Waals surface area contributed by atoms with Gasteiger partial charge in [-0.15, -0.1) is 0 Å². The lowest BCUT2D eigenvalue weighted by atomic mass is 10.0. The smallest absolute Gasteiger partial charge is 0.302 e. The second kappa shape index (κ2) is 10.7. The Morgan fingerprint density at radius 1 is 0.731 bits per heavy atom. The quantitative estimate of drug-likeness (QED) is 0.568. The summed E-state index contributed by atoms with van der Waals surface area (Å²) in [7, 11) is 0. The molecule has 2 rings (SSSR count). The molecule has 0 bridgehead atoms. The van der Waals surface area contributed by atoms with Crippen molar-refractivity contribution >= 4 is 11.9 Å². The van der Waals surface area contributed by atoms with E-state index in [-0.39, 0.29) is 25.2 Å². The highest BCUT2D eigenvalue weighted by atomic mass is 16.5. The van der Waals surface area contributed by atoms with E-state index in [4.69, 9.17) is 9.47 Å². The summed E-state index contributed by atoms with van der Waals surface area (Å²) >= 11 is 0. The van der Waals surface area contributed by atoms with Gasteiger partial charge in [0.2, 0.25) is 0 Å². The standard InChI is InChI=1S/C22H28O4/c1-17(23)25-15-21(13-11-19-7-3-4-8-19)22(16-26-18(2)24)14-12-20-9-5-6-10-20/h19-20H,3-10,15-16H2,1-2H3. The van der Waals surface area contributed by atoms with Gasteiger partial charge in [-0.3, -0.25) is 9.59 Å². The van der Waals surface area contributed by atoms with Crippen LogP contribution in [0.5, 0.6) is 0 Å². The fourth-order valence-electron chi connectivity index (χ4n) is 3.26. The Labute approximate surface area is 156 Å². The van der Waals surface area contributed by atoms with Crippen LogP contribution in [-0.2, 0) is 19.1 Å². The molecule has 0 saturated heterocycles. The van der Waals surface area contributed by atoms with Crippen molar-refractivity contribution in [1.82, 2.24) is 0 Å². The maximum atomic E-state index is 11.2. The summed E-state index contributed by atoms with van der Waals surface area (Å²) < 4.78 is 10.3. The molecule has 0 aromatic heterocycles. The van der Waals surface area contributed by atoms with E-state index in [1.807, 2.05) is 0 Å². The van der Waals surface area contributed by atoms with E-state index < -0.39 is 0 Å². The van der Waals surface area contributed by atoms with Gasteiger partial charge in [-0.05, 0) is 25.7 Å². The Hall–Kier alpha value is -2.20. The number of rotatable bonds is 4. The number of hydrogen-bond donors (Lipinski definition) is 0. The molecular formula is C22H28O4. The molecule has 0 atom stereocenters. The maximum Gasteiger partial charge on any atom is 0.302 e. The van der Waals surface area contributed by atoms with Gasteiger partial charge < -0.3 is 9.47 Å². The summed E-state index contributed by atoms with van der Waals surface area (Å²) in [4.78, 5) is 22.5. The fourth-order valence-corrected chi connectivity index (χ4v) is 3.26. The van der Waals surface area contributed by atoms with Crippen molar-refractivity contribution in [1.29, 1.82) is 0 Å². The van der Waals surface area contributed by atoms with Crippen molar-refractivity contribution in [2.75, 3.05) is 13.2 Å². The first kappa shape index (κ1) is 20.1. The van der Waals surface area contributed by atoms with Gasteiger partial charge >= 0.3 is 11.9 Å². The van der Waals surface area contributed by atoms with Crippen molar-refractivity contribution in [3.63, 3.8) is 0 Å². The third kappa shape index (κ3) is 7.36. The molecule has 0 radical (unpaired) electrons. The van der Waals surface area contributed by atoms with Crippen LogP contribution < -0.4 is 0 Å². The van der Waals surface area contributed by atoms with E-state index in [9.17, 15) is 9.59 Å². The highest BCUT2D eigenvalue weighted by Crippen LogP contribution is 2.25. The average Bonchev–Trinajstić information content (AvgIpc) is 3.28. The van der Waals surface area contributed by atoms with Crippen LogP contribution in [-0.4, -0.2) is 25.2 Å². The lowest BCUT2D eigenvalue weighted by molar-refractivity contribution is -0.141. The Kier molecular flexibility index (Phi) is 8.29. The first-order valence-corrected chi connectivity index (χ1v) is 9.56.